The molecule has 0 radical (unpaired) electrons. The van der Waals surface area contributed by atoms with E-state index < -0.39 is 15.9 Å². The second kappa shape index (κ2) is 9.54. The van der Waals surface area contributed by atoms with Crippen LogP contribution >= 0.6 is 0 Å². The van der Waals surface area contributed by atoms with Gasteiger partial charge in [-0.3, -0.25) is 9.59 Å². The molecule has 9 heteroatoms. The summed E-state index contributed by atoms with van der Waals surface area (Å²) >= 11 is 0. The van der Waals surface area contributed by atoms with Crippen molar-refractivity contribution in [1.82, 2.24) is 15.4 Å². The summed E-state index contributed by atoms with van der Waals surface area (Å²) in [6.45, 7) is 7.62. The highest BCUT2D eigenvalue weighted by atomic mass is 32.2. The van der Waals surface area contributed by atoms with Gasteiger partial charge in [0.25, 0.3) is 0 Å². The quantitative estimate of drug-likeness (QED) is 0.581. The van der Waals surface area contributed by atoms with Crippen molar-refractivity contribution in [2.75, 3.05) is 19.7 Å². The molecule has 26 heavy (non-hydrogen) atoms. The standard InChI is InChI=1S/C17H27N3O5S/c1-5-25-13-6-8-14(9-7-13)26(23,24)19-11-10-15(21)18-12-16(22)20-17(2,3)4/h6-9,19H,5,10-12H2,1-4H3,(H,18,21)(H,20,22). The molecule has 2 amide bonds. The normalized spacial score (nSPS) is 11.7. The zero-order chi connectivity index (χ0) is 19.8. The Morgan fingerprint density at radius 2 is 1.69 bits per heavy atom. The van der Waals surface area contributed by atoms with Gasteiger partial charge in [0.05, 0.1) is 18.0 Å². The minimum Gasteiger partial charge on any atom is -0.494 e. The van der Waals surface area contributed by atoms with Crippen LogP contribution in [0.5, 0.6) is 5.75 Å². The Morgan fingerprint density at radius 3 is 2.23 bits per heavy atom. The Labute approximate surface area is 154 Å². The van der Waals surface area contributed by atoms with E-state index in [1.54, 1.807) is 12.1 Å². The summed E-state index contributed by atoms with van der Waals surface area (Å²) in [5, 5.41) is 5.16. The van der Waals surface area contributed by atoms with Crippen LogP contribution < -0.4 is 20.1 Å². The Kier molecular flexibility index (Phi) is 8.04. The van der Waals surface area contributed by atoms with E-state index in [4.69, 9.17) is 4.74 Å². The van der Waals surface area contributed by atoms with Crippen molar-refractivity contribution in [1.29, 1.82) is 0 Å². The summed E-state index contributed by atoms with van der Waals surface area (Å²) in [6, 6.07) is 6.01. The lowest BCUT2D eigenvalue weighted by molar-refractivity contribution is -0.126. The molecular formula is C17H27N3O5S. The molecule has 146 valence electrons. The van der Waals surface area contributed by atoms with E-state index >= 15 is 0 Å². The van der Waals surface area contributed by atoms with Crippen LogP contribution in [0.2, 0.25) is 0 Å². The first-order valence-corrected chi connectivity index (χ1v) is 9.82. The van der Waals surface area contributed by atoms with Gasteiger partial charge < -0.3 is 15.4 Å². The van der Waals surface area contributed by atoms with E-state index in [2.05, 4.69) is 15.4 Å². The fourth-order valence-corrected chi connectivity index (χ4v) is 3.03. The van der Waals surface area contributed by atoms with Crippen molar-refractivity contribution >= 4 is 21.8 Å². The molecule has 0 aliphatic rings. The second-order valence-corrected chi connectivity index (χ2v) is 8.39. The molecule has 0 saturated heterocycles. The third kappa shape index (κ3) is 8.30. The molecule has 0 spiro atoms. The van der Waals surface area contributed by atoms with Crippen molar-refractivity contribution in [3.05, 3.63) is 24.3 Å². The lowest BCUT2D eigenvalue weighted by Gasteiger charge is -2.20. The maximum atomic E-state index is 12.2. The molecule has 0 atom stereocenters. The first kappa shape index (κ1) is 21.9. The van der Waals surface area contributed by atoms with Crippen molar-refractivity contribution in [3.8, 4) is 5.75 Å². The van der Waals surface area contributed by atoms with Crippen LogP contribution in [0.3, 0.4) is 0 Å². The van der Waals surface area contributed by atoms with Crippen LogP contribution in [0.15, 0.2) is 29.2 Å². The lowest BCUT2D eigenvalue weighted by Crippen LogP contribution is -2.46. The molecule has 1 aromatic rings. The number of amides is 2. The first-order valence-electron chi connectivity index (χ1n) is 8.34. The monoisotopic (exact) mass is 385 g/mol. The average Bonchev–Trinajstić information content (AvgIpc) is 2.52. The number of carbonyl (C=O) groups is 2. The molecule has 0 aromatic heterocycles. The maximum Gasteiger partial charge on any atom is 0.240 e. The third-order valence-corrected chi connectivity index (χ3v) is 4.53. The minimum atomic E-state index is -3.71. The molecule has 0 aliphatic carbocycles. The molecule has 0 aliphatic heterocycles. The van der Waals surface area contributed by atoms with Crippen LogP contribution in [0, 0.1) is 0 Å². The SMILES string of the molecule is CCOc1ccc(S(=O)(=O)NCCC(=O)NCC(=O)NC(C)(C)C)cc1. The summed E-state index contributed by atoms with van der Waals surface area (Å²) in [5.41, 5.74) is -0.380. The van der Waals surface area contributed by atoms with Gasteiger partial charge in [-0.25, -0.2) is 13.1 Å². The van der Waals surface area contributed by atoms with Gasteiger partial charge in [0.15, 0.2) is 0 Å². The molecule has 1 aromatic carbocycles. The topological polar surface area (TPSA) is 114 Å². The molecule has 0 bridgehead atoms. The number of benzene rings is 1. The van der Waals surface area contributed by atoms with Gasteiger partial charge in [-0.05, 0) is 52.0 Å². The van der Waals surface area contributed by atoms with Gasteiger partial charge in [-0.1, -0.05) is 0 Å². The summed E-state index contributed by atoms with van der Waals surface area (Å²) in [4.78, 5) is 23.4. The van der Waals surface area contributed by atoms with Crippen molar-refractivity contribution < 1.29 is 22.7 Å². The summed E-state index contributed by atoms with van der Waals surface area (Å²) in [6.07, 6.45) is -0.0704. The molecule has 1 rings (SSSR count). The second-order valence-electron chi connectivity index (χ2n) is 6.63. The molecular weight excluding hydrogens is 358 g/mol. The predicted octanol–water partition coefficient (Wildman–Crippen LogP) is 0.785. The highest BCUT2D eigenvalue weighted by Crippen LogP contribution is 2.15. The van der Waals surface area contributed by atoms with Crippen LogP contribution in [-0.4, -0.2) is 45.5 Å². The fourth-order valence-electron chi connectivity index (χ4n) is 1.99. The Morgan fingerprint density at radius 1 is 1.08 bits per heavy atom. The van der Waals surface area contributed by atoms with Gasteiger partial charge in [0.1, 0.15) is 5.75 Å². The molecule has 0 unspecified atom stereocenters. The molecule has 8 nitrogen and oxygen atoms in total. The van der Waals surface area contributed by atoms with Gasteiger partial charge in [0.2, 0.25) is 21.8 Å². The lowest BCUT2D eigenvalue weighted by atomic mass is 10.1. The van der Waals surface area contributed by atoms with Crippen molar-refractivity contribution in [2.45, 2.75) is 44.6 Å². The van der Waals surface area contributed by atoms with Gasteiger partial charge in [-0.2, -0.15) is 0 Å². The number of nitrogens with one attached hydrogen (secondary N) is 3. The van der Waals surface area contributed by atoms with E-state index in [9.17, 15) is 18.0 Å². The zero-order valence-corrected chi connectivity index (χ0v) is 16.4. The highest BCUT2D eigenvalue weighted by Gasteiger charge is 2.16. The maximum absolute atomic E-state index is 12.2. The number of hydrogen-bond acceptors (Lipinski definition) is 5. The number of hydrogen-bond donors (Lipinski definition) is 3. The van der Waals surface area contributed by atoms with Crippen molar-refractivity contribution in [3.63, 3.8) is 0 Å². The van der Waals surface area contributed by atoms with Gasteiger partial charge in [0, 0.05) is 18.5 Å². The minimum absolute atomic E-state index is 0.0672. The number of rotatable bonds is 9. The van der Waals surface area contributed by atoms with Crippen molar-refractivity contribution in [2.24, 2.45) is 0 Å². The largest absolute Gasteiger partial charge is 0.494 e. The average molecular weight is 385 g/mol. The number of sulfonamides is 1. The van der Waals surface area contributed by atoms with Gasteiger partial charge >= 0.3 is 0 Å². The number of ether oxygens (including phenoxy) is 1. The molecule has 0 fully saturated rings. The smallest absolute Gasteiger partial charge is 0.240 e. The fraction of sp³-hybridized carbons (Fsp3) is 0.529. The Balaban J connectivity index is 2.41. The van der Waals surface area contributed by atoms with E-state index in [0.717, 1.165) is 0 Å². The summed E-state index contributed by atoms with van der Waals surface area (Å²) in [7, 11) is -3.71. The molecule has 0 heterocycles. The zero-order valence-electron chi connectivity index (χ0n) is 15.6. The van der Waals surface area contributed by atoms with Crippen LogP contribution in [-0.2, 0) is 19.6 Å². The molecule has 0 saturated carbocycles. The van der Waals surface area contributed by atoms with E-state index in [-0.39, 0.29) is 35.9 Å². The summed E-state index contributed by atoms with van der Waals surface area (Å²) < 4.78 is 31.9. The third-order valence-electron chi connectivity index (χ3n) is 3.05. The van der Waals surface area contributed by atoms with E-state index in [1.165, 1.54) is 12.1 Å². The van der Waals surface area contributed by atoms with E-state index in [1.807, 2.05) is 27.7 Å². The Hall–Kier alpha value is -2.13. The van der Waals surface area contributed by atoms with E-state index in [0.29, 0.717) is 12.4 Å². The van der Waals surface area contributed by atoms with Gasteiger partial charge in [-0.15, -0.1) is 0 Å². The highest BCUT2D eigenvalue weighted by molar-refractivity contribution is 7.89. The first-order chi connectivity index (χ1) is 12.0. The molecule has 3 N–H and O–H groups in total. The summed E-state index contributed by atoms with van der Waals surface area (Å²) in [5.74, 6) is -0.136. The van der Waals surface area contributed by atoms with Crippen LogP contribution in [0.4, 0.5) is 0 Å². The van der Waals surface area contributed by atoms with Crippen LogP contribution in [0.1, 0.15) is 34.1 Å². The predicted molar refractivity (Wildman–Crippen MR) is 98.3 cm³/mol. The number of carbonyl (C=O) groups excluding carboxylic acids is 2. The van der Waals surface area contributed by atoms with Crippen LogP contribution in [0.25, 0.3) is 0 Å². The Bertz CT molecular complexity index is 709.